The van der Waals surface area contributed by atoms with Crippen molar-refractivity contribution in [2.24, 2.45) is 5.73 Å². The quantitative estimate of drug-likeness (QED) is 0.626. The van der Waals surface area contributed by atoms with Gasteiger partial charge in [-0.1, -0.05) is 30.3 Å². The van der Waals surface area contributed by atoms with Gasteiger partial charge in [0.25, 0.3) is 10.0 Å². The molecule has 0 aliphatic carbocycles. The Hall–Kier alpha value is -2.85. The van der Waals surface area contributed by atoms with Crippen molar-refractivity contribution in [1.82, 2.24) is 3.97 Å². The van der Waals surface area contributed by atoms with Crippen LogP contribution in [-0.4, -0.2) is 35.7 Å². The molecule has 1 heterocycles. The zero-order valence-electron chi connectivity index (χ0n) is 16.0. The van der Waals surface area contributed by atoms with Crippen molar-refractivity contribution in [3.63, 3.8) is 0 Å². The summed E-state index contributed by atoms with van der Waals surface area (Å²) in [5.41, 5.74) is 7.67. The number of carboxylic acid groups (broad SMARTS) is 1. The van der Waals surface area contributed by atoms with Crippen molar-refractivity contribution in [2.45, 2.75) is 36.9 Å². The number of aliphatic carboxylic acids is 1. The number of nitrogens with zero attached hydrogens (tertiary/aromatic N) is 1. The van der Waals surface area contributed by atoms with Gasteiger partial charge in [-0.05, 0) is 49.6 Å². The minimum absolute atomic E-state index is 0.125. The van der Waals surface area contributed by atoms with E-state index in [1.165, 1.54) is 3.97 Å². The van der Waals surface area contributed by atoms with Crippen LogP contribution in [0.3, 0.4) is 0 Å². The number of rotatable bonds is 5. The highest BCUT2D eigenvalue weighted by Crippen LogP contribution is 2.25. The molecule has 6 nitrogen and oxygen atoms in total. The molecule has 0 aliphatic heterocycles. The van der Waals surface area contributed by atoms with Gasteiger partial charge in [0.1, 0.15) is 0 Å². The van der Waals surface area contributed by atoms with Gasteiger partial charge < -0.3 is 10.8 Å². The van der Waals surface area contributed by atoms with Crippen molar-refractivity contribution in [3.05, 3.63) is 66.4 Å². The summed E-state index contributed by atoms with van der Waals surface area (Å²) >= 11 is 0. The number of halogens is 3. The molecule has 0 saturated carbocycles. The molecule has 10 heteroatoms. The Morgan fingerprint density at radius 1 is 1.10 bits per heavy atom. The third-order valence-corrected chi connectivity index (χ3v) is 5.90. The second-order valence-electron chi connectivity index (χ2n) is 6.60. The second-order valence-corrected chi connectivity index (χ2v) is 8.41. The highest BCUT2D eigenvalue weighted by Gasteiger charge is 2.38. The molecule has 0 bridgehead atoms. The van der Waals surface area contributed by atoms with Gasteiger partial charge in [0.15, 0.2) is 0 Å². The summed E-state index contributed by atoms with van der Waals surface area (Å²) in [6.45, 7) is 1.98. The van der Waals surface area contributed by atoms with Crippen LogP contribution in [0.15, 0.2) is 65.7 Å². The maximum atomic E-state index is 12.8. The highest BCUT2D eigenvalue weighted by atomic mass is 32.2. The average molecular weight is 442 g/mol. The molecule has 30 heavy (non-hydrogen) atoms. The molecule has 0 amide bonds. The van der Waals surface area contributed by atoms with Crippen molar-refractivity contribution < 1.29 is 31.5 Å². The van der Waals surface area contributed by atoms with E-state index in [4.69, 9.17) is 15.6 Å². The summed E-state index contributed by atoms with van der Waals surface area (Å²) in [7, 11) is -3.58. The van der Waals surface area contributed by atoms with Crippen LogP contribution in [0.2, 0.25) is 0 Å². The summed E-state index contributed by atoms with van der Waals surface area (Å²) in [4.78, 5) is 9.19. The lowest BCUT2D eigenvalue weighted by Gasteiger charge is -2.09. The summed E-state index contributed by atoms with van der Waals surface area (Å²) in [5.74, 6) is -2.76. The van der Waals surface area contributed by atoms with Gasteiger partial charge in [-0.2, -0.15) is 13.2 Å². The standard InChI is InChI=1S/C18H20N2O2S.C2HF3O2/c1-14(19)10-11-15-6-5-9-18-17(15)12-13-20(18)23(21,22)16-7-3-2-4-8-16;3-2(4,5)1(6)7/h2-9,12-14H,10-11,19H2,1H3;(H,6,7). The molecule has 0 aliphatic rings. The van der Waals surface area contributed by atoms with Crippen LogP contribution in [0.25, 0.3) is 10.9 Å². The number of hydrogen-bond acceptors (Lipinski definition) is 4. The molecule has 162 valence electrons. The van der Waals surface area contributed by atoms with Gasteiger partial charge in [-0.15, -0.1) is 0 Å². The number of carbonyl (C=O) groups is 1. The molecular weight excluding hydrogens is 421 g/mol. The number of alkyl halides is 3. The third-order valence-electron chi connectivity index (χ3n) is 4.20. The van der Waals surface area contributed by atoms with E-state index < -0.39 is 22.2 Å². The predicted octanol–water partition coefficient (Wildman–Crippen LogP) is 3.79. The third kappa shape index (κ3) is 5.61. The van der Waals surface area contributed by atoms with Gasteiger partial charge >= 0.3 is 12.1 Å². The first-order valence-electron chi connectivity index (χ1n) is 8.90. The van der Waals surface area contributed by atoms with Crippen LogP contribution in [-0.2, 0) is 21.2 Å². The Morgan fingerprint density at radius 3 is 2.23 bits per heavy atom. The Balaban J connectivity index is 0.000000396. The molecular formula is C20H21F3N2O4S. The molecule has 2 aromatic carbocycles. The topological polar surface area (TPSA) is 102 Å². The highest BCUT2D eigenvalue weighted by molar-refractivity contribution is 7.90. The molecule has 1 aromatic heterocycles. The van der Waals surface area contributed by atoms with Crippen molar-refractivity contribution in [2.75, 3.05) is 0 Å². The number of aromatic nitrogens is 1. The van der Waals surface area contributed by atoms with Crippen LogP contribution in [0, 0.1) is 0 Å². The van der Waals surface area contributed by atoms with E-state index in [1.807, 2.05) is 31.2 Å². The van der Waals surface area contributed by atoms with E-state index in [2.05, 4.69) is 0 Å². The average Bonchev–Trinajstić information content (AvgIpc) is 3.12. The van der Waals surface area contributed by atoms with Crippen LogP contribution in [0.4, 0.5) is 13.2 Å². The Bertz CT molecular complexity index is 1110. The van der Waals surface area contributed by atoms with E-state index in [9.17, 15) is 21.6 Å². The number of hydrogen-bond donors (Lipinski definition) is 2. The summed E-state index contributed by atoms with van der Waals surface area (Å²) in [5, 5.41) is 8.09. The van der Waals surface area contributed by atoms with Gasteiger partial charge in [-0.3, -0.25) is 0 Å². The van der Waals surface area contributed by atoms with Crippen LogP contribution in [0.5, 0.6) is 0 Å². The van der Waals surface area contributed by atoms with Gasteiger partial charge in [0, 0.05) is 17.6 Å². The van der Waals surface area contributed by atoms with Crippen LogP contribution >= 0.6 is 0 Å². The lowest BCUT2D eigenvalue weighted by atomic mass is 10.0. The minimum Gasteiger partial charge on any atom is -0.475 e. The second kappa shape index (κ2) is 9.31. The lowest BCUT2D eigenvalue weighted by Crippen LogP contribution is -2.21. The van der Waals surface area contributed by atoms with Gasteiger partial charge in [0.2, 0.25) is 0 Å². The number of fused-ring (bicyclic) bond motifs is 1. The van der Waals surface area contributed by atoms with Crippen molar-refractivity contribution in [1.29, 1.82) is 0 Å². The van der Waals surface area contributed by atoms with E-state index in [1.54, 1.807) is 36.5 Å². The zero-order valence-corrected chi connectivity index (χ0v) is 16.8. The maximum Gasteiger partial charge on any atom is 0.490 e. The fourth-order valence-electron chi connectivity index (χ4n) is 2.72. The predicted molar refractivity (Wildman–Crippen MR) is 107 cm³/mol. The molecule has 0 fully saturated rings. The van der Waals surface area contributed by atoms with E-state index in [-0.39, 0.29) is 6.04 Å². The monoisotopic (exact) mass is 442 g/mol. The lowest BCUT2D eigenvalue weighted by molar-refractivity contribution is -0.192. The fourth-order valence-corrected chi connectivity index (χ4v) is 4.09. The number of aryl methyl sites for hydroxylation is 1. The van der Waals surface area contributed by atoms with Crippen molar-refractivity contribution >= 4 is 26.9 Å². The number of nitrogens with two attached hydrogens (primary N) is 1. The van der Waals surface area contributed by atoms with E-state index in [0.717, 1.165) is 23.8 Å². The molecule has 3 aromatic rings. The molecule has 0 saturated heterocycles. The number of benzene rings is 2. The van der Waals surface area contributed by atoms with E-state index in [0.29, 0.717) is 10.4 Å². The Kier molecular flexibility index (Phi) is 7.27. The van der Waals surface area contributed by atoms with Gasteiger partial charge in [0.05, 0.1) is 10.4 Å². The molecule has 1 atom stereocenters. The van der Waals surface area contributed by atoms with Crippen molar-refractivity contribution in [3.8, 4) is 0 Å². The molecule has 3 N–H and O–H groups in total. The SMILES string of the molecule is CC(N)CCc1cccc2c1ccn2S(=O)(=O)c1ccccc1.O=C(O)C(F)(F)F. The number of carboxylic acids is 1. The first-order chi connectivity index (χ1) is 13.9. The zero-order chi connectivity index (χ0) is 22.5. The molecule has 0 spiro atoms. The molecule has 3 rings (SSSR count). The van der Waals surface area contributed by atoms with Crippen LogP contribution < -0.4 is 5.73 Å². The fraction of sp³-hybridized carbons (Fsp3) is 0.250. The first kappa shape index (κ1) is 23.4. The Labute approximate surface area is 171 Å². The Morgan fingerprint density at radius 2 is 1.70 bits per heavy atom. The minimum atomic E-state index is -5.08. The summed E-state index contributed by atoms with van der Waals surface area (Å²) in [6.07, 6.45) is -1.75. The summed E-state index contributed by atoms with van der Waals surface area (Å²) in [6, 6.07) is 16.2. The molecule has 0 radical (unpaired) electrons. The first-order valence-corrected chi connectivity index (χ1v) is 10.3. The smallest absolute Gasteiger partial charge is 0.475 e. The summed E-state index contributed by atoms with van der Waals surface area (Å²) < 4.78 is 58.7. The largest absolute Gasteiger partial charge is 0.490 e. The van der Waals surface area contributed by atoms with Gasteiger partial charge in [-0.25, -0.2) is 17.2 Å². The maximum absolute atomic E-state index is 12.8. The molecule has 1 unspecified atom stereocenters. The normalized spacial score (nSPS) is 12.8. The van der Waals surface area contributed by atoms with E-state index >= 15 is 0 Å². The van der Waals surface area contributed by atoms with Crippen LogP contribution in [0.1, 0.15) is 18.9 Å².